The number of aromatic nitrogens is 3. The molecule has 0 fully saturated rings. The number of nitrogens with zero attached hydrogens (tertiary/aromatic N) is 3. The van der Waals surface area contributed by atoms with Crippen LogP contribution >= 0.6 is 0 Å². The molecule has 0 unspecified atom stereocenters. The Hall–Kier alpha value is -3.38. The molecule has 0 aliphatic rings. The highest BCUT2D eigenvalue weighted by atomic mass is 16.5. The van der Waals surface area contributed by atoms with Crippen molar-refractivity contribution < 1.29 is 4.74 Å². The fourth-order valence-corrected chi connectivity index (χ4v) is 2.99. The zero-order valence-corrected chi connectivity index (χ0v) is 14.2. The molecule has 4 N–H and O–H groups in total. The molecule has 0 saturated heterocycles. The average Bonchev–Trinajstić information content (AvgIpc) is 3.08. The van der Waals surface area contributed by atoms with Crippen molar-refractivity contribution in [3.8, 4) is 22.6 Å². The van der Waals surface area contributed by atoms with E-state index in [4.69, 9.17) is 16.2 Å². The number of anilines is 1. The van der Waals surface area contributed by atoms with Crippen molar-refractivity contribution in [3.63, 3.8) is 0 Å². The maximum absolute atomic E-state index is 6.16. The highest BCUT2D eigenvalue weighted by molar-refractivity contribution is 5.98. The maximum Gasteiger partial charge on any atom is 0.151 e. The summed E-state index contributed by atoms with van der Waals surface area (Å²) in [5, 5.41) is 0. The first-order valence-electron chi connectivity index (χ1n) is 8.38. The average molecular weight is 345 g/mol. The number of para-hydroxylation sites is 1. The van der Waals surface area contributed by atoms with E-state index < -0.39 is 0 Å². The predicted octanol–water partition coefficient (Wildman–Crippen LogP) is 3.01. The molecule has 4 rings (SSSR count). The lowest BCUT2D eigenvalue weighted by Gasteiger charge is -2.05. The van der Waals surface area contributed by atoms with Crippen LogP contribution in [0.1, 0.15) is 0 Å². The van der Waals surface area contributed by atoms with Crippen LogP contribution in [0.4, 0.5) is 5.82 Å². The van der Waals surface area contributed by atoms with Crippen molar-refractivity contribution in [2.75, 3.05) is 18.9 Å². The van der Waals surface area contributed by atoms with Gasteiger partial charge in [-0.25, -0.2) is 9.97 Å². The molecule has 0 aliphatic heterocycles. The number of hydrogen-bond donors (Lipinski definition) is 2. The minimum Gasteiger partial charge on any atom is -0.492 e. The van der Waals surface area contributed by atoms with Crippen LogP contribution < -0.4 is 16.2 Å². The number of benzene rings is 2. The molecule has 130 valence electrons. The van der Waals surface area contributed by atoms with E-state index in [2.05, 4.69) is 9.97 Å². The number of nitrogens with two attached hydrogens (primary N) is 2. The van der Waals surface area contributed by atoms with E-state index in [1.807, 2.05) is 65.4 Å². The third kappa shape index (κ3) is 2.87. The molecule has 26 heavy (non-hydrogen) atoms. The quantitative estimate of drug-likeness (QED) is 0.580. The summed E-state index contributed by atoms with van der Waals surface area (Å²) < 4.78 is 7.58. The van der Waals surface area contributed by atoms with Crippen molar-refractivity contribution in [2.45, 2.75) is 0 Å². The summed E-state index contributed by atoms with van der Waals surface area (Å²) in [5.41, 5.74) is 16.3. The molecule has 2 heterocycles. The van der Waals surface area contributed by atoms with Crippen LogP contribution in [0.5, 0.6) is 5.75 Å². The smallest absolute Gasteiger partial charge is 0.151 e. The fourth-order valence-electron chi connectivity index (χ4n) is 2.99. The number of nitrogen functional groups attached to an aromatic ring is 1. The second kappa shape index (κ2) is 6.85. The van der Waals surface area contributed by atoms with Gasteiger partial charge < -0.3 is 20.8 Å². The Morgan fingerprint density at radius 1 is 0.962 bits per heavy atom. The Balaban J connectivity index is 1.85. The van der Waals surface area contributed by atoms with Gasteiger partial charge in [-0.3, -0.25) is 0 Å². The molecule has 0 atom stereocenters. The lowest BCUT2D eigenvalue weighted by atomic mass is 10.1. The highest BCUT2D eigenvalue weighted by Crippen LogP contribution is 2.33. The standard InChI is InChI=1S/C20H19N5O/c21-10-11-26-16-8-6-14(7-9-16)17-12-25(15-4-2-1-3-5-15)19-18(17)23-13-24-20(19)22/h1-9,12-13H,10-11,21H2,(H2,22,23,24). The van der Waals surface area contributed by atoms with E-state index >= 15 is 0 Å². The molecule has 2 aromatic heterocycles. The fraction of sp³-hybridized carbons (Fsp3) is 0.100. The molecule has 0 aliphatic carbocycles. The summed E-state index contributed by atoms with van der Waals surface area (Å²) >= 11 is 0. The summed E-state index contributed by atoms with van der Waals surface area (Å²) in [6.45, 7) is 0.985. The van der Waals surface area contributed by atoms with Crippen LogP contribution in [0.15, 0.2) is 67.1 Å². The number of fused-ring (bicyclic) bond motifs is 1. The second-order valence-electron chi connectivity index (χ2n) is 5.87. The van der Waals surface area contributed by atoms with Gasteiger partial charge in [0.2, 0.25) is 0 Å². The second-order valence-corrected chi connectivity index (χ2v) is 5.87. The molecular formula is C20H19N5O. The minimum atomic E-state index is 0.452. The van der Waals surface area contributed by atoms with Crippen molar-refractivity contribution in [1.29, 1.82) is 0 Å². The molecule has 6 heteroatoms. The zero-order valence-electron chi connectivity index (χ0n) is 14.2. The van der Waals surface area contributed by atoms with E-state index in [-0.39, 0.29) is 0 Å². The van der Waals surface area contributed by atoms with Crippen molar-refractivity contribution in [3.05, 3.63) is 67.1 Å². The molecule has 4 aromatic rings. The molecular weight excluding hydrogens is 326 g/mol. The molecule has 0 saturated carbocycles. The highest BCUT2D eigenvalue weighted by Gasteiger charge is 2.15. The van der Waals surface area contributed by atoms with E-state index in [0.29, 0.717) is 19.0 Å². The lowest BCUT2D eigenvalue weighted by molar-refractivity contribution is 0.328. The Labute approximate surface area is 151 Å². The predicted molar refractivity (Wildman–Crippen MR) is 103 cm³/mol. The van der Waals surface area contributed by atoms with Gasteiger partial charge in [0.05, 0.1) is 0 Å². The molecule has 0 radical (unpaired) electrons. The monoisotopic (exact) mass is 345 g/mol. The van der Waals surface area contributed by atoms with E-state index in [1.54, 1.807) is 0 Å². The van der Waals surface area contributed by atoms with Crippen LogP contribution in [0.3, 0.4) is 0 Å². The van der Waals surface area contributed by atoms with Gasteiger partial charge in [0.25, 0.3) is 0 Å². The lowest BCUT2D eigenvalue weighted by Crippen LogP contribution is -2.10. The minimum absolute atomic E-state index is 0.452. The summed E-state index contributed by atoms with van der Waals surface area (Å²) in [5.74, 6) is 1.24. The van der Waals surface area contributed by atoms with Gasteiger partial charge in [-0.1, -0.05) is 30.3 Å². The Morgan fingerprint density at radius 3 is 2.46 bits per heavy atom. The van der Waals surface area contributed by atoms with E-state index in [1.165, 1.54) is 6.33 Å². The zero-order chi connectivity index (χ0) is 17.9. The maximum atomic E-state index is 6.16. The third-order valence-electron chi connectivity index (χ3n) is 4.19. The number of ether oxygens (including phenoxy) is 1. The largest absolute Gasteiger partial charge is 0.492 e. The summed E-state index contributed by atoms with van der Waals surface area (Å²) in [6, 6.07) is 17.9. The Kier molecular flexibility index (Phi) is 4.25. The Bertz CT molecular complexity index is 1030. The van der Waals surface area contributed by atoms with Crippen molar-refractivity contribution in [1.82, 2.24) is 14.5 Å². The first-order valence-corrected chi connectivity index (χ1v) is 8.38. The molecule has 2 aromatic carbocycles. The van der Waals surface area contributed by atoms with Crippen LogP contribution in [0.25, 0.3) is 27.8 Å². The molecule has 0 amide bonds. The summed E-state index contributed by atoms with van der Waals surface area (Å²) in [7, 11) is 0. The summed E-state index contributed by atoms with van der Waals surface area (Å²) in [4.78, 5) is 8.64. The van der Waals surface area contributed by atoms with Gasteiger partial charge >= 0.3 is 0 Å². The third-order valence-corrected chi connectivity index (χ3v) is 4.19. The van der Waals surface area contributed by atoms with Crippen LogP contribution in [0, 0.1) is 0 Å². The SMILES string of the molecule is NCCOc1ccc(-c2cn(-c3ccccc3)c3c(N)ncnc23)cc1. The topological polar surface area (TPSA) is 92.0 Å². The van der Waals surface area contributed by atoms with E-state index in [0.717, 1.165) is 33.6 Å². The first-order chi connectivity index (χ1) is 12.8. The van der Waals surface area contributed by atoms with Crippen LogP contribution in [-0.2, 0) is 0 Å². The van der Waals surface area contributed by atoms with Gasteiger partial charge in [0.15, 0.2) is 5.82 Å². The van der Waals surface area contributed by atoms with Gasteiger partial charge in [0, 0.05) is 24.0 Å². The number of rotatable bonds is 5. The van der Waals surface area contributed by atoms with E-state index in [9.17, 15) is 0 Å². The van der Waals surface area contributed by atoms with Gasteiger partial charge in [-0.2, -0.15) is 0 Å². The van der Waals surface area contributed by atoms with Crippen LogP contribution in [-0.4, -0.2) is 27.7 Å². The van der Waals surface area contributed by atoms with Gasteiger partial charge in [0.1, 0.15) is 29.7 Å². The number of hydrogen-bond acceptors (Lipinski definition) is 5. The van der Waals surface area contributed by atoms with Crippen molar-refractivity contribution in [2.24, 2.45) is 5.73 Å². The summed E-state index contributed by atoms with van der Waals surface area (Å²) in [6.07, 6.45) is 3.54. The molecule has 0 bridgehead atoms. The molecule has 0 spiro atoms. The van der Waals surface area contributed by atoms with Gasteiger partial charge in [-0.05, 0) is 29.8 Å². The van der Waals surface area contributed by atoms with Crippen molar-refractivity contribution >= 4 is 16.9 Å². The van der Waals surface area contributed by atoms with Gasteiger partial charge in [-0.15, -0.1) is 0 Å². The molecule has 6 nitrogen and oxygen atoms in total. The Morgan fingerprint density at radius 2 is 1.73 bits per heavy atom. The first kappa shape index (κ1) is 16.1. The van der Waals surface area contributed by atoms with Crippen LogP contribution in [0.2, 0.25) is 0 Å². The normalized spacial score (nSPS) is 11.0.